The van der Waals surface area contributed by atoms with Crippen LogP contribution in [0.25, 0.3) is 0 Å². The molecule has 1 heterocycles. The van der Waals surface area contributed by atoms with E-state index in [1.54, 1.807) is 7.11 Å². The Kier molecular flexibility index (Phi) is 4.76. The van der Waals surface area contributed by atoms with Gasteiger partial charge in [0.15, 0.2) is 5.16 Å². The summed E-state index contributed by atoms with van der Waals surface area (Å²) in [6, 6.07) is 9.65. The zero-order valence-electron chi connectivity index (χ0n) is 11.0. The quantitative estimate of drug-likeness (QED) is 0.673. The molecule has 0 aliphatic rings. The number of thioether (sulfide) groups is 1. The Morgan fingerprint density at radius 2 is 2.16 bits per heavy atom. The van der Waals surface area contributed by atoms with E-state index in [-0.39, 0.29) is 5.56 Å². The fraction of sp³-hybridized carbons (Fsp3) is 0.286. The van der Waals surface area contributed by atoms with Crippen molar-refractivity contribution in [2.75, 3.05) is 7.11 Å². The summed E-state index contributed by atoms with van der Waals surface area (Å²) in [5.74, 6) is 0.784. The van der Waals surface area contributed by atoms with Gasteiger partial charge in [-0.15, -0.1) is 0 Å². The summed E-state index contributed by atoms with van der Waals surface area (Å²) in [5, 5.41) is 0.628. The zero-order chi connectivity index (χ0) is 13.7. The molecule has 0 aliphatic carbocycles. The number of ether oxygens (including phenoxy) is 1. The van der Waals surface area contributed by atoms with Gasteiger partial charge in [-0.3, -0.25) is 4.79 Å². The topological polar surface area (TPSA) is 55.0 Å². The van der Waals surface area contributed by atoms with Crippen molar-refractivity contribution in [3.05, 3.63) is 57.5 Å². The average Bonchev–Trinajstić information content (AvgIpc) is 2.37. The molecule has 100 valence electrons. The number of methoxy groups -OCH3 is 1. The van der Waals surface area contributed by atoms with E-state index in [9.17, 15) is 4.79 Å². The van der Waals surface area contributed by atoms with Crippen LogP contribution < -0.4 is 5.56 Å². The van der Waals surface area contributed by atoms with E-state index in [1.807, 2.05) is 12.1 Å². The molecule has 1 aromatic heterocycles. The summed E-state index contributed by atoms with van der Waals surface area (Å²) in [7, 11) is 1.59. The number of nitrogens with zero attached hydrogens (tertiary/aromatic N) is 1. The molecule has 0 fully saturated rings. The maximum atomic E-state index is 11.5. The number of aromatic amines is 1. The van der Waals surface area contributed by atoms with Crippen molar-refractivity contribution in [2.24, 2.45) is 0 Å². The fourth-order valence-electron chi connectivity index (χ4n) is 1.69. The first-order valence-corrected chi connectivity index (χ1v) is 6.94. The van der Waals surface area contributed by atoms with Gasteiger partial charge >= 0.3 is 0 Å². The molecule has 0 amide bonds. The Morgan fingerprint density at radius 3 is 2.89 bits per heavy atom. The number of rotatable bonds is 5. The second kappa shape index (κ2) is 6.54. The minimum atomic E-state index is -0.144. The van der Waals surface area contributed by atoms with Crippen LogP contribution in [0.3, 0.4) is 0 Å². The van der Waals surface area contributed by atoms with Crippen LogP contribution in [0.4, 0.5) is 0 Å². The number of benzene rings is 1. The summed E-state index contributed by atoms with van der Waals surface area (Å²) >= 11 is 1.52. The molecule has 0 unspecified atom stereocenters. The van der Waals surface area contributed by atoms with Crippen molar-refractivity contribution in [3.63, 3.8) is 0 Å². The predicted molar refractivity (Wildman–Crippen MR) is 76.3 cm³/mol. The van der Waals surface area contributed by atoms with Crippen LogP contribution in [0.15, 0.2) is 40.3 Å². The number of aromatic nitrogens is 2. The number of hydrogen-bond acceptors (Lipinski definition) is 4. The highest BCUT2D eigenvalue weighted by molar-refractivity contribution is 7.98. The number of H-pyrrole nitrogens is 1. The van der Waals surface area contributed by atoms with Crippen molar-refractivity contribution in [1.29, 1.82) is 0 Å². The summed E-state index contributed by atoms with van der Waals surface area (Å²) in [4.78, 5) is 18.6. The van der Waals surface area contributed by atoms with Crippen LogP contribution in [0.2, 0.25) is 0 Å². The lowest BCUT2D eigenvalue weighted by molar-refractivity contribution is 0.180. The second-order valence-electron chi connectivity index (χ2n) is 4.19. The Morgan fingerprint density at radius 1 is 1.37 bits per heavy atom. The van der Waals surface area contributed by atoms with E-state index in [4.69, 9.17) is 4.74 Å². The van der Waals surface area contributed by atoms with Crippen molar-refractivity contribution in [3.8, 4) is 0 Å². The average molecular weight is 276 g/mol. The van der Waals surface area contributed by atoms with E-state index >= 15 is 0 Å². The Hall–Kier alpha value is -1.59. The number of aryl methyl sites for hydroxylation is 1. The third kappa shape index (κ3) is 3.94. The highest BCUT2D eigenvalue weighted by Gasteiger charge is 2.04. The van der Waals surface area contributed by atoms with E-state index < -0.39 is 0 Å². The Balaban J connectivity index is 2.11. The summed E-state index contributed by atoms with van der Waals surface area (Å²) in [5.41, 5.74) is 2.99. The van der Waals surface area contributed by atoms with Gasteiger partial charge in [-0.05, 0) is 18.1 Å². The summed E-state index contributed by atoms with van der Waals surface area (Å²) in [6.07, 6.45) is 0. The molecule has 0 spiro atoms. The molecule has 2 rings (SSSR count). The monoisotopic (exact) mass is 276 g/mol. The van der Waals surface area contributed by atoms with Gasteiger partial charge in [0.1, 0.15) is 0 Å². The molecule has 0 radical (unpaired) electrons. The van der Waals surface area contributed by atoms with Gasteiger partial charge in [0, 0.05) is 18.9 Å². The lowest BCUT2D eigenvalue weighted by atomic mass is 10.1. The van der Waals surface area contributed by atoms with Crippen LogP contribution in [0.1, 0.15) is 16.8 Å². The van der Waals surface area contributed by atoms with E-state index in [1.165, 1.54) is 29.0 Å². The lowest BCUT2D eigenvalue weighted by Gasteiger charge is -2.06. The standard InChI is InChI=1S/C14H16N2O2S/c1-10-5-3-4-6-11(10)9-19-14-15-12(8-18-2)7-13(17)16-14/h3-7H,8-9H2,1-2H3,(H,15,16,17). The second-order valence-corrected chi connectivity index (χ2v) is 5.15. The molecular weight excluding hydrogens is 260 g/mol. The Bertz CT molecular complexity index is 610. The van der Waals surface area contributed by atoms with Gasteiger partial charge in [0.05, 0.1) is 12.3 Å². The van der Waals surface area contributed by atoms with Crippen molar-refractivity contribution in [2.45, 2.75) is 24.4 Å². The van der Waals surface area contributed by atoms with Crippen LogP contribution in [0.5, 0.6) is 0 Å². The molecule has 0 saturated carbocycles. The highest BCUT2D eigenvalue weighted by Crippen LogP contribution is 2.20. The number of hydrogen-bond donors (Lipinski definition) is 1. The summed E-state index contributed by atoms with van der Waals surface area (Å²) < 4.78 is 5.00. The maximum Gasteiger partial charge on any atom is 0.251 e. The molecule has 0 atom stereocenters. The van der Waals surface area contributed by atoms with Crippen molar-refractivity contribution in [1.82, 2.24) is 9.97 Å². The van der Waals surface area contributed by atoms with Crippen LogP contribution >= 0.6 is 11.8 Å². The minimum Gasteiger partial charge on any atom is -0.378 e. The smallest absolute Gasteiger partial charge is 0.251 e. The fourth-order valence-corrected chi connectivity index (χ4v) is 2.66. The molecule has 4 nitrogen and oxygen atoms in total. The number of nitrogens with one attached hydrogen (secondary N) is 1. The highest BCUT2D eigenvalue weighted by atomic mass is 32.2. The molecule has 1 aromatic carbocycles. The maximum absolute atomic E-state index is 11.5. The first-order chi connectivity index (χ1) is 9.19. The van der Waals surface area contributed by atoms with Crippen LogP contribution in [-0.2, 0) is 17.1 Å². The normalized spacial score (nSPS) is 10.6. The molecule has 0 aliphatic heterocycles. The first kappa shape index (κ1) is 13.8. The van der Waals surface area contributed by atoms with Crippen molar-refractivity contribution < 1.29 is 4.74 Å². The van der Waals surface area contributed by atoms with E-state index in [0.717, 1.165) is 5.75 Å². The minimum absolute atomic E-state index is 0.144. The van der Waals surface area contributed by atoms with Gasteiger partial charge in [-0.1, -0.05) is 36.0 Å². The van der Waals surface area contributed by atoms with Gasteiger partial charge in [-0.2, -0.15) is 0 Å². The zero-order valence-corrected chi connectivity index (χ0v) is 11.8. The largest absolute Gasteiger partial charge is 0.378 e. The van der Waals surface area contributed by atoms with E-state index in [2.05, 4.69) is 29.0 Å². The SMILES string of the molecule is COCc1cc(=O)[nH]c(SCc2ccccc2C)n1. The molecule has 5 heteroatoms. The van der Waals surface area contributed by atoms with E-state index in [0.29, 0.717) is 17.5 Å². The summed E-state index contributed by atoms with van der Waals surface area (Å²) in [6.45, 7) is 2.43. The molecule has 0 bridgehead atoms. The molecular formula is C14H16N2O2S. The third-order valence-electron chi connectivity index (χ3n) is 2.69. The van der Waals surface area contributed by atoms with Crippen molar-refractivity contribution >= 4 is 11.8 Å². The van der Waals surface area contributed by atoms with Gasteiger partial charge in [-0.25, -0.2) is 4.98 Å². The van der Waals surface area contributed by atoms with Gasteiger partial charge in [0.25, 0.3) is 5.56 Å². The van der Waals surface area contributed by atoms with Crippen LogP contribution in [-0.4, -0.2) is 17.1 Å². The third-order valence-corrected chi connectivity index (χ3v) is 3.61. The first-order valence-electron chi connectivity index (χ1n) is 5.95. The molecule has 0 saturated heterocycles. The molecule has 2 aromatic rings. The predicted octanol–water partition coefficient (Wildman–Crippen LogP) is 2.52. The Labute approximate surface area is 116 Å². The van der Waals surface area contributed by atoms with Gasteiger partial charge < -0.3 is 9.72 Å². The molecule has 1 N–H and O–H groups in total. The van der Waals surface area contributed by atoms with Gasteiger partial charge in [0.2, 0.25) is 0 Å². The molecule has 19 heavy (non-hydrogen) atoms. The lowest BCUT2D eigenvalue weighted by Crippen LogP contribution is -2.10. The van der Waals surface area contributed by atoms with Crippen LogP contribution in [0, 0.1) is 6.92 Å².